The third-order valence-corrected chi connectivity index (χ3v) is 6.35. The fraction of sp³-hybridized carbons (Fsp3) is 0.450. The van der Waals surface area contributed by atoms with E-state index in [4.69, 9.17) is 4.74 Å². The first-order valence-corrected chi connectivity index (χ1v) is 11.6. The Morgan fingerprint density at radius 1 is 1.12 bits per heavy atom. The molecule has 0 spiro atoms. The number of nitrogens with one attached hydrogen (secondary N) is 3. The van der Waals surface area contributed by atoms with Gasteiger partial charge in [-0.2, -0.15) is 0 Å². The molecule has 1 aliphatic rings. The summed E-state index contributed by atoms with van der Waals surface area (Å²) in [6.07, 6.45) is -4.89. The highest BCUT2D eigenvalue weighted by Crippen LogP contribution is 2.24. The molecule has 1 amide bonds. The summed E-state index contributed by atoms with van der Waals surface area (Å²) in [6, 6.07) is 6.16. The number of hydrogen-bond donors (Lipinski definition) is 6. The van der Waals surface area contributed by atoms with E-state index in [-0.39, 0.29) is 10.7 Å². The van der Waals surface area contributed by atoms with Crippen molar-refractivity contribution in [3.8, 4) is 0 Å². The molecule has 12 nitrogen and oxygen atoms in total. The predicted molar refractivity (Wildman–Crippen MR) is 118 cm³/mol. The number of aliphatic hydroxyl groups is 3. The molecule has 2 heterocycles. The number of aryl methyl sites for hydroxylation is 2. The number of nitrogens with zero attached hydrogens (tertiary/aromatic N) is 2. The van der Waals surface area contributed by atoms with Gasteiger partial charge in [0.1, 0.15) is 36.0 Å². The third-order valence-electron chi connectivity index (χ3n) is 4.97. The molecule has 0 radical (unpaired) electrons. The van der Waals surface area contributed by atoms with Crippen LogP contribution < -0.4 is 15.4 Å². The minimum absolute atomic E-state index is 0.0198. The molecule has 2 aromatic rings. The van der Waals surface area contributed by atoms with E-state index in [1.807, 2.05) is 0 Å². The van der Waals surface area contributed by atoms with Crippen LogP contribution in [0.3, 0.4) is 0 Å². The molecule has 1 fully saturated rings. The Hall–Kier alpha value is -2.84. The molecule has 0 saturated carbocycles. The quantitative estimate of drug-likeness (QED) is 0.294. The van der Waals surface area contributed by atoms with Gasteiger partial charge in [0.2, 0.25) is 5.91 Å². The van der Waals surface area contributed by atoms with Gasteiger partial charge >= 0.3 is 0 Å². The minimum Gasteiger partial charge on any atom is -0.394 e. The fourth-order valence-electron chi connectivity index (χ4n) is 3.50. The Bertz CT molecular complexity index is 1080. The highest BCUT2D eigenvalue weighted by atomic mass is 32.2. The zero-order valence-corrected chi connectivity index (χ0v) is 19.1. The van der Waals surface area contributed by atoms with Crippen molar-refractivity contribution in [2.45, 2.75) is 56.2 Å². The van der Waals surface area contributed by atoms with Gasteiger partial charge in [0, 0.05) is 24.4 Å². The lowest BCUT2D eigenvalue weighted by atomic mass is 9.96. The maximum atomic E-state index is 12.7. The van der Waals surface area contributed by atoms with Gasteiger partial charge < -0.3 is 30.7 Å². The maximum absolute atomic E-state index is 12.7. The number of amides is 1. The Kier molecular flexibility index (Phi) is 7.49. The van der Waals surface area contributed by atoms with Crippen LogP contribution in [0.25, 0.3) is 0 Å². The normalized spacial score (nSPS) is 25.3. The zero-order valence-electron chi connectivity index (χ0n) is 18.3. The Morgan fingerprint density at radius 2 is 1.79 bits per heavy atom. The molecule has 180 valence electrons. The fourth-order valence-corrected chi connectivity index (χ4v) is 4.49. The van der Waals surface area contributed by atoms with Crippen LogP contribution in [0.5, 0.6) is 0 Å². The summed E-state index contributed by atoms with van der Waals surface area (Å²) in [5.41, 5.74) is 1.04. The summed E-state index contributed by atoms with van der Waals surface area (Å²) in [6.45, 7) is 4.09. The van der Waals surface area contributed by atoms with Gasteiger partial charge in [0.05, 0.1) is 11.5 Å². The summed E-state index contributed by atoms with van der Waals surface area (Å²) in [7, 11) is -3.91. The van der Waals surface area contributed by atoms with Crippen LogP contribution >= 0.6 is 0 Å². The molecule has 0 unspecified atom stereocenters. The van der Waals surface area contributed by atoms with Crippen LogP contribution in [-0.2, 0) is 19.6 Å². The van der Waals surface area contributed by atoms with Crippen molar-refractivity contribution < 1.29 is 33.3 Å². The lowest BCUT2D eigenvalue weighted by molar-refractivity contribution is -0.188. The number of aromatic nitrogens is 2. The minimum atomic E-state index is -3.91. The largest absolute Gasteiger partial charge is 0.394 e. The number of hydrogen-bond acceptors (Lipinski definition) is 10. The Morgan fingerprint density at radius 3 is 2.36 bits per heavy atom. The average Bonchev–Trinajstić information content (AvgIpc) is 2.72. The van der Waals surface area contributed by atoms with Crippen molar-refractivity contribution in [3.05, 3.63) is 41.9 Å². The van der Waals surface area contributed by atoms with E-state index in [1.165, 1.54) is 37.3 Å². The number of carbonyl (C=O) groups is 1. The van der Waals surface area contributed by atoms with E-state index in [0.29, 0.717) is 17.2 Å². The number of ether oxygens (including phenoxy) is 1. The number of anilines is 2. The SMILES string of the molecule is CC(=O)N[C@@H]1[C@H](O)[C@H](O)[C@H](CO)O[C@H]1Nc1ccc(S(=O)(=O)Nc2cc(C)nc(C)n2)cc1. The molecule has 0 aliphatic carbocycles. The first-order valence-electron chi connectivity index (χ1n) is 10.1. The smallest absolute Gasteiger partial charge is 0.263 e. The zero-order chi connectivity index (χ0) is 24.3. The van der Waals surface area contributed by atoms with Crippen molar-refractivity contribution in [2.75, 3.05) is 16.6 Å². The first-order chi connectivity index (χ1) is 15.5. The van der Waals surface area contributed by atoms with Gasteiger partial charge in [-0.3, -0.25) is 9.52 Å². The van der Waals surface area contributed by atoms with Crippen molar-refractivity contribution in [1.29, 1.82) is 0 Å². The molecular formula is C20H27N5O7S. The molecule has 1 saturated heterocycles. The second-order valence-corrected chi connectivity index (χ2v) is 9.38. The van der Waals surface area contributed by atoms with Gasteiger partial charge in [-0.05, 0) is 38.1 Å². The van der Waals surface area contributed by atoms with Gasteiger partial charge in [-0.1, -0.05) is 0 Å². The van der Waals surface area contributed by atoms with E-state index >= 15 is 0 Å². The van der Waals surface area contributed by atoms with Crippen LogP contribution in [0.15, 0.2) is 35.2 Å². The molecule has 5 atom stereocenters. The molecule has 1 aromatic carbocycles. The summed E-state index contributed by atoms with van der Waals surface area (Å²) >= 11 is 0. The average molecular weight is 482 g/mol. The van der Waals surface area contributed by atoms with Crippen molar-refractivity contribution in [1.82, 2.24) is 15.3 Å². The van der Waals surface area contributed by atoms with E-state index in [9.17, 15) is 28.5 Å². The van der Waals surface area contributed by atoms with Crippen molar-refractivity contribution >= 4 is 27.4 Å². The lowest BCUT2D eigenvalue weighted by Gasteiger charge is -2.43. The number of sulfonamides is 1. The monoisotopic (exact) mass is 481 g/mol. The predicted octanol–water partition coefficient (Wildman–Crippen LogP) is -0.750. The standard InChI is InChI=1S/C20H27N5O7S/c1-10-8-16(22-11(2)21-10)25-33(30,31)14-6-4-13(5-7-14)24-20-17(23-12(3)27)19(29)18(28)15(9-26)32-20/h4-8,15,17-20,24,26,28-29H,9H2,1-3H3,(H,23,27)(H,21,22,25)/t15-,17+,18+,19-,20+/m0/s1. The number of benzene rings is 1. The third kappa shape index (κ3) is 5.94. The van der Waals surface area contributed by atoms with E-state index in [0.717, 1.165) is 0 Å². The second kappa shape index (κ2) is 9.97. The lowest BCUT2D eigenvalue weighted by Crippen LogP contribution is -2.65. The van der Waals surface area contributed by atoms with Crippen LogP contribution in [0.4, 0.5) is 11.5 Å². The first kappa shape index (κ1) is 24.8. The summed E-state index contributed by atoms with van der Waals surface area (Å²) in [5.74, 6) is 0.132. The van der Waals surface area contributed by atoms with Gasteiger partial charge in [-0.25, -0.2) is 18.4 Å². The molecule has 13 heteroatoms. The Balaban J connectivity index is 1.77. The van der Waals surface area contributed by atoms with E-state index in [2.05, 4.69) is 25.3 Å². The Labute approximate surface area is 191 Å². The molecule has 6 N–H and O–H groups in total. The molecule has 33 heavy (non-hydrogen) atoms. The summed E-state index contributed by atoms with van der Waals surface area (Å²) in [5, 5.41) is 35.3. The van der Waals surface area contributed by atoms with Crippen LogP contribution in [0.1, 0.15) is 18.4 Å². The topological polar surface area (TPSA) is 183 Å². The van der Waals surface area contributed by atoms with Crippen LogP contribution in [-0.4, -0.2) is 76.8 Å². The van der Waals surface area contributed by atoms with E-state index in [1.54, 1.807) is 13.8 Å². The molecule has 3 rings (SSSR count). The second-order valence-electron chi connectivity index (χ2n) is 7.70. The number of aliphatic hydroxyl groups excluding tert-OH is 3. The van der Waals surface area contributed by atoms with Gasteiger partial charge in [0.15, 0.2) is 6.23 Å². The van der Waals surface area contributed by atoms with Crippen molar-refractivity contribution in [2.24, 2.45) is 0 Å². The van der Waals surface area contributed by atoms with Crippen LogP contribution in [0.2, 0.25) is 0 Å². The van der Waals surface area contributed by atoms with Gasteiger partial charge in [0.25, 0.3) is 10.0 Å². The maximum Gasteiger partial charge on any atom is 0.263 e. The summed E-state index contributed by atoms with van der Waals surface area (Å²) in [4.78, 5) is 19.7. The van der Waals surface area contributed by atoms with Gasteiger partial charge in [-0.15, -0.1) is 0 Å². The number of carbonyl (C=O) groups excluding carboxylic acids is 1. The molecule has 0 bridgehead atoms. The van der Waals surface area contributed by atoms with Crippen LogP contribution in [0, 0.1) is 13.8 Å². The van der Waals surface area contributed by atoms with Crippen molar-refractivity contribution in [3.63, 3.8) is 0 Å². The molecule has 1 aliphatic heterocycles. The van der Waals surface area contributed by atoms with E-state index < -0.39 is 53.1 Å². The summed E-state index contributed by atoms with van der Waals surface area (Å²) < 4.78 is 33.4. The highest BCUT2D eigenvalue weighted by Gasteiger charge is 2.44. The molecule has 1 aromatic heterocycles. The molecular weight excluding hydrogens is 454 g/mol. The highest BCUT2D eigenvalue weighted by molar-refractivity contribution is 7.92. The number of rotatable bonds is 7.